The SMILES string of the molecule is CC(C)(C)CC(C)(C)NC(=O)C1CCN(C(=O)Nc2ccccc2)CC1. The number of para-hydroxylation sites is 1. The minimum Gasteiger partial charge on any atom is -0.351 e. The van der Waals surface area contributed by atoms with E-state index in [1.165, 1.54) is 0 Å². The normalized spacial score (nSPS) is 16.3. The first-order valence-corrected chi connectivity index (χ1v) is 9.49. The first-order chi connectivity index (χ1) is 12.1. The molecule has 0 atom stereocenters. The zero-order valence-electron chi connectivity index (χ0n) is 16.8. The highest BCUT2D eigenvalue weighted by Crippen LogP contribution is 2.28. The van der Waals surface area contributed by atoms with E-state index < -0.39 is 0 Å². The van der Waals surface area contributed by atoms with Gasteiger partial charge in [0.25, 0.3) is 0 Å². The monoisotopic (exact) mass is 359 g/mol. The fourth-order valence-corrected chi connectivity index (χ4v) is 3.87. The average Bonchev–Trinajstić information content (AvgIpc) is 2.53. The molecule has 0 bridgehead atoms. The van der Waals surface area contributed by atoms with Gasteiger partial charge in [-0.2, -0.15) is 0 Å². The molecule has 0 aromatic heterocycles. The molecule has 2 N–H and O–H groups in total. The topological polar surface area (TPSA) is 61.4 Å². The van der Waals surface area contributed by atoms with Gasteiger partial charge >= 0.3 is 6.03 Å². The summed E-state index contributed by atoms with van der Waals surface area (Å²) >= 11 is 0. The summed E-state index contributed by atoms with van der Waals surface area (Å²) in [5, 5.41) is 6.11. The summed E-state index contributed by atoms with van der Waals surface area (Å²) < 4.78 is 0. The molecule has 1 aliphatic heterocycles. The first-order valence-electron chi connectivity index (χ1n) is 9.49. The van der Waals surface area contributed by atoms with Gasteiger partial charge in [-0.1, -0.05) is 39.0 Å². The molecule has 5 nitrogen and oxygen atoms in total. The van der Waals surface area contributed by atoms with E-state index in [0.29, 0.717) is 25.9 Å². The van der Waals surface area contributed by atoms with Crippen molar-refractivity contribution in [3.63, 3.8) is 0 Å². The lowest BCUT2D eigenvalue weighted by Crippen LogP contribution is -2.50. The Kier molecular flexibility index (Phi) is 6.32. The minimum atomic E-state index is -0.225. The maximum absolute atomic E-state index is 12.6. The molecule has 0 aliphatic carbocycles. The number of urea groups is 1. The number of nitrogens with one attached hydrogen (secondary N) is 2. The Morgan fingerprint density at radius 2 is 1.62 bits per heavy atom. The van der Waals surface area contributed by atoms with Gasteiger partial charge in [0.2, 0.25) is 5.91 Å². The lowest BCUT2D eigenvalue weighted by atomic mass is 9.81. The van der Waals surface area contributed by atoms with Crippen LogP contribution in [-0.4, -0.2) is 35.5 Å². The predicted octanol–water partition coefficient (Wildman–Crippen LogP) is 4.26. The molecule has 5 heteroatoms. The number of likely N-dealkylation sites (tertiary alicyclic amines) is 1. The van der Waals surface area contributed by atoms with Gasteiger partial charge < -0.3 is 15.5 Å². The van der Waals surface area contributed by atoms with Gasteiger partial charge in [0.1, 0.15) is 0 Å². The van der Waals surface area contributed by atoms with Crippen molar-refractivity contribution in [2.75, 3.05) is 18.4 Å². The number of amides is 3. The summed E-state index contributed by atoms with van der Waals surface area (Å²) in [6, 6.07) is 9.35. The van der Waals surface area contributed by atoms with E-state index in [1.54, 1.807) is 4.90 Å². The summed E-state index contributed by atoms with van der Waals surface area (Å²) in [7, 11) is 0. The summed E-state index contributed by atoms with van der Waals surface area (Å²) in [6.45, 7) is 11.9. The number of hydrogen-bond acceptors (Lipinski definition) is 2. The number of hydrogen-bond donors (Lipinski definition) is 2. The summed E-state index contributed by atoms with van der Waals surface area (Å²) in [6.07, 6.45) is 2.34. The van der Waals surface area contributed by atoms with Gasteiger partial charge in [-0.05, 0) is 50.7 Å². The number of benzene rings is 1. The van der Waals surface area contributed by atoms with Crippen LogP contribution in [0, 0.1) is 11.3 Å². The number of carbonyl (C=O) groups is 2. The maximum Gasteiger partial charge on any atom is 0.321 e. The van der Waals surface area contributed by atoms with Gasteiger partial charge in [-0.25, -0.2) is 4.79 Å². The smallest absolute Gasteiger partial charge is 0.321 e. The zero-order valence-corrected chi connectivity index (χ0v) is 16.8. The molecule has 2 rings (SSSR count). The molecule has 1 fully saturated rings. The zero-order chi connectivity index (χ0) is 19.4. The Balaban J connectivity index is 1.82. The van der Waals surface area contributed by atoms with E-state index in [2.05, 4.69) is 45.3 Å². The maximum atomic E-state index is 12.6. The van der Waals surface area contributed by atoms with Crippen molar-refractivity contribution < 1.29 is 9.59 Å². The lowest BCUT2D eigenvalue weighted by Gasteiger charge is -2.36. The van der Waals surface area contributed by atoms with Gasteiger partial charge in [0.05, 0.1) is 0 Å². The molecule has 1 aromatic carbocycles. The van der Waals surface area contributed by atoms with Crippen molar-refractivity contribution in [3.05, 3.63) is 30.3 Å². The first kappa shape index (κ1) is 20.3. The van der Waals surface area contributed by atoms with E-state index in [0.717, 1.165) is 12.1 Å². The van der Waals surface area contributed by atoms with Crippen molar-refractivity contribution in [1.82, 2.24) is 10.2 Å². The Morgan fingerprint density at radius 1 is 1.04 bits per heavy atom. The van der Waals surface area contributed by atoms with Crippen LogP contribution in [0.1, 0.15) is 53.9 Å². The quantitative estimate of drug-likeness (QED) is 0.844. The lowest BCUT2D eigenvalue weighted by molar-refractivity contribution is -0.128. The largest absolute Gasteiger partial charge is 0.351 e. The molecule has 1 aliphatic rings. The second kappa shape index (κ2) is 8.11. The fourth-order valence-electron chi connectivity index (χ4n) is 3.87. The molecular weight excluding hydrogens is 326 g/mol. The standard InChI is InChI=1S/C21H33N3O2/c1-20(2,3)15-21(4,5)23-18(25)16-11-13-24(14-12-16)19(26)22-17-9-7-6-8-10-17/h6-10,16H,11-15H2,1-5H3,(H,22,26)(H,23,25). The van der Waals surface area contributed by atoms with Gasteiger partial charge in [-0.15, -0.1) is 0 Å². The molecule has 144 valence electrons. The number of anilines is 1. The summed E-state index contributed by atoms with van der Waals surface area (Å²) in [4.78, 5) is 26.8. The molecule has 3 amide bonds. The predicted molar refractivity (Wildman–Crippen MR) is 106 cm³/mol. The molecule has 0 spiro atoms. The molecular formula is C21H33N3O2. The van der Waals surface area contributed by atoms with E-state index in [1.807, 2.05) is 30.3 Å². The van der Waals surface area contributed by atoms with Gasteiger partial charge in [0.15, 0.2) is 0 Å². The van der Waals surface area contributed by atoms with E-state index in [9.17, 15) is 9.59 Å². The van der Waals surface area contributed by atoms with Crippen LogP contribution in [0.2, 0.25) is 0 Å². The number of carbonyl (C=O) groups excluding carboxylic acids is 2. The highest BCUT2D eigenvalue weighted by molar-refractivity contribution is 5.89. The van der Waals surface area contributed by atoms with E-state index in [4.69, 9.17) is 0 Å². The van der Waals surface area contributed by atoms with Crippen LogP contribution in [0.4, 0.5) is 10.5 Å². The van der Waals surface area contributed by atoms with E-state index in [-0.39, 0.29) is 28.8 Å². The Labute approximate surface area is 157 Å². The Bertz CT molecular complexity index is 612. The number of nitrogens with zero attached hydrogens (tertiary/aromatic N) is 1. The second-order valence-electron chi connectivity index (χ2n) is 9.17. The van der Waals surface area contributed by atoms with E-state index >= 15 is 0 Å². The average molecular weight is 360 g/mol. The summed E-state index contributed by atoms with van der Waals surface area (Å²) in [5.74, 6) is 0.0948. The van der Waals surface area contributed by atoms with Crippen LogP contribution in [-0.2, 0) is 4.79 Å². The molecule has 0 radical (unpaired) electrons. The van der Waals surface area contributed by atoms with Crippen molar-refractivity contribution in [3.8, 4) is 0 Å². The summed E-state index contributed by atoms with van der Waals surface area (Å²) in [5.41, 5.74) is 0.730. The molecule has 26 heavy (non-hydrogen) atoms. The third kappa shape index (κ3) is 6.36. The van der Waals surface area contributed by atoms with Crippen LogP contribution >= 0.6 is 0 Å². The van der Waals surface area contributed by atoms with Crippen LogP contribution in [0.25, 0.3) is 0 Å². The Morgan fingerprint density at radius 3 is 2.15 bits per heavy atom. The van der Waals surface area contributed by atoms with Crippen molar-refractivity contribution in [1.29, 1.82) is 0 Å². The van der Waals surface area contributed by atoms with Crippen LogP contribution in [0.5, 0.6) is 0 Å². The molecule has 1 heterocycles. The molecule has 0 saturated carbocycles. The fraction of sp³-hybridized carbons (Fsp3) is 0.619. The number of rotatable bonds is 4. The van der Waals surface area contributed by atoms with Crippen LogP contribution < -0.4 is 10.6 Å². The van der Waals surface area contributed by atoms with Gasteiger partial charge in [0, 0.05) is 30.2 Å². The van der Waals surface area contributed by atoms with Gasteiger partial charge in [-0.3, -0.25) is 4.79 Å². The van der Waals surface area contributed by atoms with Crippen molar-refractivity contribution in [2.45, 2.75) is 59.4 Å². The minimum absolute atomic E-state index is 0.0185. The van der Waals surface area contributed by atoms with Crippen LogP contribution in [0.15, 0.2) is 30.3 Å². The number of piperidine rings is 1. The highest BCUT2D eigenvalue weighted by atomic mass is 16.2. The third-order valence-corrected chi connectivity index (χ3v) is 4.61. The third-order valence-electron chi connectivity index (χ3n) is 4.61. The van der Waals surface area contributed by atoms with Crippen molar-refractivity contribution >= 4 is 17.6 Å². The second-order valence-corrected chi connectivity index (χ2v) is 9.17. The van der Waals surface area contributed by atoms with Crippen LogP contribution in [0.3, 0.4) is 0 Å². The molecule has 1 saturated heterocycles. The highest BCUT2D eigenvalue weighted by Gasteiger charge is 2.32. The Hall–Kier alpha value is -2.04. The molecule has 0 unspecified atom stereocenters. The van der Waals surface area contributed by atoms with Crippen molar-refractivity contribution in [2.24, 2.45) is 11.3 Å². The molecule has 1 aromatic rings.